The van der Waals surface area contributed by atoms with Gasteiger partial charge in [0.25, 0.3) is 0 Å². The molecule has 0 bridgehead atoms. The minimum absolute atomic E-state index is 0.515. The Bertz CT molecular complexity index is 237. The number of nitrogens with one attached hydrogen (secondary N) is 1. The molecule has 1 aliphatic rings. The van der Waals surface area contributed by atoms with E-state index < -0.39 is 0 Å². The van der Waals surface area contributed by atoms with E-state index in [2.05, 4.69) is 58.9 Å². The Morgan fingerprint density at radius 2 is 1.83 bits per heavy atom. The fourth-order valence-electron chi connectivity index (χ4n) is 3.80. The van der Waals surface area contributed by atoms with E-state index in [1.54, 1.807) is 0 Å². The number of hydrogen-bond acceptors (Lipinski definition) is 2. The van der Waals surface area contributed by atoms with E-state index in [9.17, 15) is 0 Å². The van der Waals surface area contributed by atoms with Crippen LogP contribution in [0.5, 0.6) is 0 Å². The molecule has 0 heterocycles. The standard InChI is InChI=1S/C16H34N2/c1-12(2)15(18(6)7)11-17-14-8-13(3)9-16(4,5)10-14/h12-15,17H,8-11H2,1-7H3. The predicted octanol–water partition coefficient (Wildman–Crippen LogP) is 3.38. The van der Waals surface area contributed by atoms with E-state index in [-0.39, 0.29) is 0 Å². The zero-order chi connectivity index (χ0) is 13.9. The van der Waals surface area contributed by atoms with E-state index in [0.29, 0.717) is 23.4 Å². The van der Waals surface area contributed by atoms with Crippen LogP contribution >= 0.6 is 0 Å². The number of hydrogen-bond donors (Lipinski definition) is 1. The molecule has 1 rings (SSSR count). The quantitative estimate of drug-likeness (QED) is 0.809. The van der Waals surface area contributed by atoms with Crippen LogP contribution in [0.15, 0.2) is 0 Å². The third kappa shape index (κ3) is 4.89. The minimum Gasteiger partial charge on any atom is -0.312 e. The van der Waals surface area contributed by atoms with Gasteiger partial charge in [-0.05, 0) is 50.6 Å². The number of nitrogens with zero attached hydrogens (tertiary/aromatic N) is 1. The molecule has 0 aromatic heterocycles. The van der Waals surface area contributed by atoms with Crippen molar-refractivity contribution in [1.29, 1.82) is 0 Å². The maximum atomic E-state index is 3.83. The fourth-order valence-corrected chi connectivity index (χ4v) is 3.80. The molecule has 108 valence electrons. The van der Waals surface area contributed by atoms with E-state index in [4.69, 9.17) is 0 Å². The summed E-state index contributed by atoms with van der Waals surface area (Å²) in [7, 11) is 4.39. The molecule has 1 aliphatic carbocycles. The molecule has 3 atom stereocenters. The SMILES string of the molecule is CC1CC(NCC(C(C)C)N(C)C)CC(C)(C)C1. The van der Waals surface area contributed by atoms with Crippen LogP contribution in [0.25, 0.3) is 0 Å². The number of rotatable bonds is 5. The molecule has 3 unspecified atom stereocenters. The first-order valence-electron chi connectivity index (χ1n) is 7.61. The smallest absolute Gasteiger partial charge is 0.0237 e. The van der Waals surface area contributed by atoms with E-state index >= 15 is 0 Å². The lowest BCUT2D eigenvalue weighted by atomic mass is 9.70. The van der Waals surface area contributed by atoms with Gasteiger partial charge in [0, 0.05) is 18.6 Å². The van der Waals surface area contributed by atoms with Crippen LogP contribution in [0.2, 0.25) is 0 Å². The Morgan fingerprint density at radius 3 is 2.28 bits per heavy atom. The Morgan fingerprint density at radius 1 is 1.22 bits per heavy atom. The molecule has 1 saturated carbocycles. The van der Waals surface area contributed by atoms with E-state index in [1.165, 1.54) is 19.3 Å². The molecule has 0 saturated heterocycles. The zero-order valence-electron chi connectivity index (χ0n) is 13.6. The van der Waals surface area contributed by atoms with Gasteiger partial charge in [-0.25, -0.2) is 0 Å². The second kappa shape index (κ2) is 6.38. The number of likely N-dealkylation sites (N-methyl/N-ethyl adjacent to an activating group) is 1. The lowest BCUT2D eigenvalue weighted by molar-refractivity contribution is 0.139. The van der Waals surface area contributed by atoms with Crippen molar-refractivity contribution in [2.45, 2.75) is 66.0 Å². The molecule has 1 N–H and O–H groups in total. The van der Waals surface area contributed by atoms with Crippen LogP contribution in [0.4, 0.5) is 0 Å². The highest BCUT2D eigenvalue weighted by Crippen LogP contribution is 2.38. The van der Waals surface area contributed by atoms with Crippen LogP contribution in [0, 0.1) is 17.3 Å². The molecule has 0 spiro atoms. The molecule has 1 fully saturated rings. The highest BCUT2D eigenvalue weighted by atomic mass is 15.1. The summed E-state index contributed by atoms with van der Waals surface area (Å²) in [4.78, 5) is 2.36. The van der Waals surface area contributed by atoms with Crippen molar-refractivity contribution in [2.24, 2.45) is 17.3 Å². The summed E-state index contributed by atoms with van der Waals surface area (Å²) in [6, 6.07) is 1.36. The largest absolute Gasteiger partial charge is 0.312 e. The van der Waals surface area contributed by atoms with Gasteiger partial charge in [-0.2, -0.15) is 0 Å². The van der Waals surface area contributed by atoms with Gasteiger partial charge in [0.2, 0.25) is 0 Å². The Balaban J connectivity index is 2.47. The van der Waals surface area contributed by atoms with Crippen molar-refractivity contribution in [3.8, 4) is 0 Å². The average Bonchev–Trinajstić information content (AvgIpc) is 2.12. The molecule has 0 radical (unpaired) electrons. The van der Waals surface area contributed by atoms with Crippen molar-refractivity contribution in [3.05, 3.63) is 0 Å². The molecule has 0 aliphatic heterocycles. The second-order valence-corrected chi connectivity index (χ2v) is 7.79. The molecule has 18 heavy (non-hydrogen) atoms. The summed E-state index contributed by atoms with van der Waals surface area (Å²) in [6.45, 7) is 13.0. The molecule has 2 heteroatoms. The normalized spacial score (nSPS) is 29.8. The topological polar surface area (TPSA) is 15.3 Å². The molecular weight excluding hydrogens is 220 g/mol. The lowest BCUT2D eigenvalue weighted by Gasteiger charge is -2.40. The summed E-state index contributed by atoms with van der Waals surface area (Å²) >= 11 is 0. The van der Waals surface area contributed by atoms with Crippen molar-refractivity contribution < 1.29 is 0 Å². The summed E-state index contributed by atoms with van der Waals surface area (Å²) in [5.41, 5.74) is 0.515. The zero-order valence-corrected chi connectivity index (χ0v) is 13.6. The maximum absolute atomic E-state index is 3.83. The Kier molecular flexibility index (Phi) is 5.67. The van der Waals surface area contributed by atoms with Crippen LogP contribution in [0.1, 0.15) is 53.9 Å². The van der Waals surface area contributed by atoms with Crippen LogP contribution in [-0.2, 0) is 0 Å². The molecule has 0 aromatic rings. The Hall–Kier alpha value is -0.0800. The van der Waals surface area contributed by atoms with Gasteiger partial charge < -0.3 is 10.2 Å². The van der Waals surface area contributed by atoms with Crippen molar-refractivity contribution in [3.63, 3.8) is 0 Å². The van der Waals surface area contributed by atoms with Gasteiger partial charge in [-0.15, -0.1) is 0 Å². The highest BCUT2D eigenvalue weighted by Gasteiger charge is 2.32. The van der Waals surface area contributed by atoms with Crippen molar-refractivity contribution in [2.75, 3.05) is 20.6 Å². The summed E-state index contributed by atoms with van der Waals surface area (Å²) in [6.07, 6.45) is 4.06. The molecule has 2 nitrogen and oxygen atoms in total. The predicted molar refractivity (Wildman–Crippen MR) is 80.9 cm³/mol. The average molecular weight is 254 g/mol. The molecular formula is C16H34N2. The summed E-state index contributed by atoms with van der Waals surface area (Å²) < 4.78 is 0. The third-order valence-electron chi connectivity index (χ3n) is 4.44. The first-order chi connectivity index (χ1) is 8.21. The van der Waals surface area contributed by atoms with Crippen LogP contribution in [-0.4, -0.2) is 37.6 Å². The van der Waals surface area contributed by atoms with Gasteiger partial charge in [-0.3, -0.25) is 0 Å². The second-order valence-electron chi connectivity index (χ2n) is 7.79. The first kappa shape index (κ1) is 16.0. The van der Waals surface area contributed by atoms with Crippen molar-refractivity contribution >= 4 is 0 Å². The fraction of sp³-hybridized carbons (Fsp3) is 1.00. The van der Waals surface area contributed by atoms with E-state index in [1.807, 2.05) is 0 Å². The first-order valence-corrected chi connectivity index (χ1v) is 7.61. The molecule has 0 aromatic carbocycles. The van der Waals surface area contributed by atoms with Gasteiger partial charge in [0.05, 0.1) is 0 Å². The van der Waals surface area contributed by atoms with E-state index in [0.717, 1.165) is 12.5 Å². The summed E-state index contributed by atoms with van der Waals surface area (Å²) in [5.74, 6) is 1.57. The van der Waals surface area contributed by atoms with Crippen LogP contribution in [0.3, 0.4) is 0 Å². The maximum Gasteiger partial charge on any atom is 0.0237 e. The van der Waals surface area contributed by atoms with Gasteiger partial charge in [0.15, 0.2) is 0 Å². The summed E-state index contributed by atoms with van der Waals surface area (Å²) in [5, 5.41) is 3.83. The highest BCUT2D eigenvalue weighted by molar-refractivity contribution is 4.87. The van der Waals surface area contributed by atoms with Crippen LogP contribution < -0.4 is 5.32 Å². The van der Waals surface area contributed by atoms with Gasteiger partial charge in [0.1, 0.15) is 0 Å². The monoisotopic (exact) mass is 254 g/mol. The van der Waals surface area contributed by atoms with Crippen molar-refractivity contribution in [1.82, 2.24) is 10.2 Å². The minimum atomic E-state index is 0.515. The van der Waals surface area contributed by atoms with Gasteiger partial charge >= 0.3 is 0 Å². The lowest BCUT2D eigenvalue weighted by Crippen LogP contribution is -2.47. The Labute approximate surface area is 115 Å². The van der Waals surface area contributed by atoms with Gasteiger partial charge in [-0.1, -0.05) is 34.6 Å². The molecule has 0 amide bonds. The third-order valence-corrected chi connectivity index (χ3v) is 4.44.